The molecule has 5 nitrogen and oxygen atoms in total. The number of rotatable bonds is 4. The van der Waals surface area contributed by atoms with Crippen LogP contribution in [0.3, 0.4) is 0 Å². The van der Waals surface area contributed by atoms with Crippen molar-refractivity contribution in [2.45, 2.75) is 26.3 Å². The molecule has 1 saturated heterocycles. The molecule has 0 atom stereocenters. The van der Waals surface area contributed by atoms with Crippen molar-refractivity contribution >= 4 is 11.6 Å². The molecule has 2 N–H and O–H groups in total. The minimum Gasteiger partial charge on any atom is -0.397 e. The van der Waals surface area contributed by atoms with Crippen molar-refractivity contribution < 1.29 is 9.53 Å². The summed E-state index contributed by atoms with van der Waals surface area (Å²) >= 11 is 0. The van der Waals surface area contributed by atoms with Crippen LogP contribution >= 0.6 is 0 Å². The van der Waals surface area contributed by atoms with Gasteiger partial charge in [0.15, 0.2) is 0 Å². The first-order valence-electron chi connectivity index (χ1n) is 6.89. The molecule has 1 aromatic rings. The number of amides is 1. The number of carbonyl (C=O) groups is 1. The van der Waals surface area contributed by atoms with E-state index in [4.69, 9.17) is 10.5 Å². The molecule has 1 amide bonds. The second kappa shape index (κ2) is 6.10. The molecule has 19 heavy (non-hydrogen) atoms. The van der Waals surface area contributed by atoms with Crippen LogP contribution in [0, 0.1) is 5.92 Å². The fourth-order valence-corrected chi connectivity index (χ4v) is 2.67. The van der Waals surface area contributed by atoms with Crippen LogP contribution in [0.5, 0.6) is 0 Å². The summed E-state index contributed by atoms with van der Waals surface area (Å²) in [6.45, 7) is 5.18. The van der Waals surface area contributed by atoms with E-state index < -0.39 is 0 Å². The van der Waals surface area contributed by atoms with Crippen LogP contribution in [0.4, 0.5) is 5.69 Å². The quantitative estimate of drug-likeness (QED) is 0.899. The number of hydrogen-bond acceptors (Lipinski definition) is 3. The van der Waals surface area contributed by atoms with Gasteiger partial charge in [-0.1, -0.05) is 0 Å². The van der Waals surface area contributed by atoms with Crippen molar-refractivity contribution in [3.8, 4) is 0 Å². The van der Waals surface area contributed by atoms with Crippen LogP contribution in [-0.4, -0.2) is 42.2 Å². The summed E-state index contributed by atoms with van der Waals surface area (Å²) in [7, 11) is 1.73. The van der Waals surface area contributed by atoms with Crippen molar-refractivity contribution in [2.24, 2.45) is 5.92 Å². The molecule has 2 heterocycles. The number of methoxy groups -OCH3 is 1. The topological polar surface area (TPSA) is 60.5 Å². The smallest absolute Gasteiger partial charge is 0.270 e. The Hall–Kier alpha value is -1.49. The van der Waals surface area contributed by atoms with E-state index in [0.29, 0.717) is 17.3 Å². The van der Waals surface area contributed by atoms with Gasteiger partial charge in [-0.2, -0.15) is 0 Å². The van der Waals surface area contributed by atoms with Crippen LogP contribution in [0.15, 0.2) is 12.3 Å². The maximum Gasteiger partial charge on any atom is 0.270 e. The molecule has 1 fully saturated rings. The van der Waals surface area contributed by atoms with Gasteiger partial charge in [0.25, 0.3) is 5.91 Å². The number of aromatic nitrogens is 1. The van der Waals surface area contributed by atoms with Gasteiger partial charge in [0.2, 0.25) is 0 Å². The van der Waals surface area contributed by atoms with Crippen molar-refractivity contribution in [3.05, 3.63) is 18.0 Å². The number of ether oxygens (including phenoxy) is 1. The molecule has 0 unspecified atom stereocenters. The van der Waals surface area contributed by atoms with E-state index in [1.54, 1.807) is 13.2 Å². The van der Waals surface area contributed by atoms with Gasteiger partial charge in [0.05, 0.1) is 5.69 Å². The van der Waals surface area contributed by atoms with Gasteiger partial charge in [-0.15, -0.1) is 0 Å². The summed E-state index contributed by atoms with van der Waals surface area (Å²) < 4.78 is 7.09. The lowest BCUT2D eigenvalue weighted by Gasteiger charge is -2.31. The lowest BCUT2D eigenvalue weighted by Crippen LogP contribution is -2.40. The van der Waals surface area contributed by atoms with Crippen LogP contribution < -0.4 is 5.73 Å². The van der Waals surface area contributed by atoms with Gasteiger partial charge in [-0.05, 0) is 31.7 Å². The summed E-state index contributed by atoms with van der Waals surface area (Å²) in [4.78, 5) is 14.4. The Morgan fingerprint density at radius 1 is 1.47 bits per heavy atom. The van der Waals surface area contributed by atoms with Gasteiger partial charge in [-0.3, -0.25) is 4.79 Å². The van der Waals surface area contributed by atoms with Crippen molar-refractivity contribution in [1.29, 1.82) is 0 Å². The zero-order valence-electron chi connectivity index (χ0n) is 11.8. The van der Waals surface area contributed by atoms with E-state index in [0.717, 1.165) is 39.1 Å². The van der Waals surface area contributed by atoms with Crippen LogP contribution in [0.2, 0.25) is 0 Å². The Labute approximate surface area is 114 Å². The van der Waals surface area contributed by atoms with Crippen LogP contribution in [0.25, 0.3) is 0 Å². The van der Waals surface area contributed by atoms with E-state index in [2.05, 4.69) is 0 Å². The number of nitrogens with two attached hydrogens (primary N) is 1. The van der Waals surface area contributed by atoms with Gasteiger partial charge >= 0.3 is 0 Å². The standard InChI is InChI=1S/C14H23N3O2/c1-3-16-9-12(15)8-13(16)14(18)17-6-4-11(5-7-17)10-19-2/h8-9,11H,3-7,10,15H2,1-2H3. The third-order valence-electron chi connectivity index (χ3n) is 3.78. The van der Waals surface area contributed by atoms with E-state index in [1.165, 1.54) is 0 Å². The highest BCUT2D eigenvalue weighted by Crippen LogP contribution is 2.20. The van der Waals surface area contributed by atoms with Crippen LogP contribution in [0.1, 0.15) is 30.3 Å². The summed E-state index contributed by atoms with van der Waals surface area (Å²) in [6.07, 6.45) is 3.86. The summed E-state index contributed by atoms with van der Waals surface area (Å²) in [6, 6.07) is 1.77. The SMILES string of the molecule is CCn1cc(N)cc1C(=O)N1CCC(COC)CC1. The fourth-order valence-electron chi connectivity index (χ4n) is 2.67. The first-order valence-corrected chi connectivity index (χ1v) is 6.89. The molecule has 0 saturated carbocycles. The second-order valence-electron chi connectivity index (χ2n) is 5.14. The molecule has 1 aromatic heterocycles. The number of anilines is 1. The van der Waals surface area contributed by atoms with E-state index >= 15 is 0 Å². The zero-order chi connectivity index (χ0) is 13.8. The fraction of sp³-hybridized carbons (Fsp3) is 0.643. The molecule has 0 aromatic carbocycles. The molecule has 0 bridgehead atoms. The molecule has 1 aliphatic rings. The largest absolute Gasteiger partial charge is 0.397 e. The lowest BCUT2D eigenvalue weighted by molar-refractivity contribution is 0.0604. The summed E-state index contributed by atoms with van der Waals surface area (Å²) in [5.41, 5.74) is 7.13. The van der Waals surface area contributed by atoms with Crippen molar-refractivity contribution in [2.75, 3.05) is 32.5 Å². The highest BCUT2D eigenvalue weighted by atomic mass is 16.5. The summed E-state index contributed by atoms with van der Waals surface area (Å²) in [5, 5.41) is 0. The zero-order valence-corrected chi connectivity index (χ0v) is 11.8. The van der Waals surface area contributed by atoms with Crippen molar-refractivity contribution in [3.63, 3.8) is 0 Å². The third-order valence-corrected chi connectivity index (χ3v) is 3.78. The van der Waals surface area contributed by atoms with Gasteiger partial charge in [0, 0.05) is 39.5 Å². The predicted octanol–water partition coefficient (Wildman–Crippen LogP) is 1.59. The maximum atomic E-state index is 12.5. The first-order chi connectivity index (χ1) is 9.15. The molecule has 1 aliphatic heterocycles. The molecule has 2 rings (SSSR count). The number of carbonyl (C=O) groups excluding carboxylic acids is 1. The minimum absolute atomic E-state index is 0.0921. The Balaban J connectivity index is 2.01. The molecular formula is C14H23N3O2. The summed E-state index contributed by atoms with van der Waals surface area (Å²) in [5.74, 6) is 0.673. The number of nitrogens with zero attached hydrogens (tertiary/aromatic N) is 2. The Kier molecular flexibility index (Phi) is 4.47. The first kappa shape index (κ1) is 13.9. The monoisotopic (exact) mass is 265 g/mol. The van der Waals surface area contributed by atoms with Gasteiger partial charge < -0.3 is 19.9 Å². The second-order valence-corrected chi connectivity index (χ2v) is 5.14. The molecule has 0 aliphatic carbocycles. The highest BCUT2D eigenvalue weighted by molar-refractivity contribution is 5.93. The predicted molar refractivity (Wildman–Crippen MR) is 75.0 cm³/mol. The maximum absolute atomic E-state index is 12.5. The Bertz CT molecular complexity index is 434. The lowest BCUT2D eigenvalue weighted by atomic mass is 9.97. The van der Waals surface area contributed by atoms with E-state index in [9.17, 15) is 4.79 Å². The number of nitrogen functional groups attached to an aromatic ring is 1. The normalized spacial score (nSPS) is 16.8. The van der Waals surface area contributed by atoms with Crippen LogP contribution in [-0.2, 0) is 11.3 Å². The number of likely N-dealkylation sites (tertiary alicyclic amines) is 1. The highest BCUT2D eigenvalue weighted by Gasteiger charge is 2.25. The molecule has 106 valence electrons. The molecule has 0 radical (unpaired) electrons. The third kappa shape index (κ3) is 3.10. The van der Waals surface area contributed by atoms with Crippen molar-refractivity contribution in [1.82, 2.24) is 9.47 Å². The number of piperidine rings is 1. The number of aryl methyl sites for hydroxylation is 1. The van der Waals surface area contributed by atoms with E-state index in [-0.39, 0.29) is 5.91 Å². The minimum atomic E-state index is 0.0921. The molecule has 0 spiro atoms. The Morgan fingerprint density at radius 2 is 2.16 bits per heavy atom. The Morgan fingerprint density at radius 3 is 2.74 bits per heavy atom. The number of hydrogen-bond donors (Lipinski definition) is 1. The van der Waals surface area contributed by atoms with Gasteiger partial charge in [-0.25, -0.2) is 0 Å². The van der Waals surface area contributed by atoms with Gasteiger partial charge in [0.1, 0.15) is 5.69 Å². The average molecular weight is 265 g/mol. The average Bonchev–Trinajstić information content (AvgIpc) is 2.80. The molecule has 5 heteroatoms. The molecular weight excluding hydrogens is 242 g/mol. The van der Waals surface area contributed by atoms with E-state index in [1.807, 2.05) is 22.6 Å².